The van der Waals surface area contributed by atoms with Crippen molar-refractivity contribution in [1.29, 1.82) is 0 Å². The van der Waals surface area contributed by atoms with Crippen LogP contribution in [0, 0.1) is 20.8 Å². The SMILES string of the molecule is COc1ccc(C(O)Cc2cc(C)cc(C)c2)cc1C. The first-order valence-electron chi connectivity index (χ1n) is 6.89. The van der Waals surface area contributed by atoms with Crippen molar-refractivity contribution in [3.05, 3.63) is 64.2 Å². The minimum atomic E-state index is -0.485. The summed E-state index contributed by atoms with van der Waals surface area (Å²) in [5.74, 6) is 0.854. The molecule has 0 amide bonds. The van der Waals surface area contributed by atoms with E-state index in [1.165, 1.54) is 16.7 Å². The Morgan fingerprint density at radius 2 is 1.65 bits per heavy atom. The molecule has 0 aromatic heterocycles. The van der Waals surface area contributed by atoms with Crippen LogP contribution in [0.5, 0.6) is 5.75 Å². The molecule has 20 heavy (non-hydrogen) atoms. The second-order valence-corrected chi connectivity index (χ2v) is 5.44. The lowest BCUT2D eigenvalue weighted by Gasteiger charge is -2.14. The molecule has 0 saturated heterocycles. The Balaban J connectivity index is 2.19. The van der Waals surface area contributed by atoms with Crippen LogP contribution in [-0.2, 0) is 6.42 Å². The summed E-state index contributed by atoms with van der Waals surface area (Å²) in [6.07, 6.45) is 0.148. The smallest absolute Gasteiger partial charge is 0.121 e. The lowest BCUT2D eigenvalue weighted by atomic mass is 9.97. The monoisotopic (exact) mass is 270 g/mol. The first kappa shape index (κ1) is 14.6. The summed E-state index contributed by atoms with van der Waals surface area (Å²) in [7, 11) is 1.66. The molecule has 2 nitrogen and oxygen atoms in total. The number of aliphatic hydroxyl groups is 1. The van der Waals surface area contributed by atoms with Crippen LogP contribution in [0.25, 0.3) is 0 Å². The van der Waals surface area contributed by atoms with Crippen molar-refractivity contribution in [2.45, 2.75) is 33.3 Å². The van der Waals surface area contributed by atoms with Gasteiger partial charge in [-0.25, -0.2) is 0 Å². The molecule has 0 aliphatic carbocycles. The third kappa shape index (κ3) is 3.40. The highest BCUT2D eigenvalue weighted by molar-refractivity contribution is 5.38. The lowest BCUT2D eigenvalue weighted by molar-refractivity contribution is 0.178. The van der Waals surface area contributed by atoms with Crippen LogP contribution in [0.4, 0.5) is 0 Å². The number of ether oxygens (including phenoxy) is 1. The standard InChI is InChI=1S/C18H22O2/c1-12-7-13(2)9-15(8-12)11-17(19)16-5-6-18(20-4)14(3)10-16/h5-10,17,19H,11H2,1-4H3. The zero-order chi connectivity index (χ0) is 14.7. The van der Waals surface area contributed by atoms with E-state index in [-0.39, 0.29) is 0 Å². The van der Waals surface area contributed by atoms with E-state index in [1.54, 1.807) is 7.11 Å². The van der Waals surface area contributed by atoms with Gasteiger partial charge in [0, 0.05) is 6.42 Å². The normalized spacial score (nSPS) is 12.2. The molecule has 2 aromatic carbocycles. The summed E-state index contributed by atoms with van der Waals surface area (Å²) in [4.78, 5) is 0. The summed E-state index contributed by atoms with van der Waals surface area (Å²) in [6.45, 7) is 6.16. The number of hydrogen-bond donors (Lipinski definition) is 1. The molecule has 1 unspecified atom stereocenters. The molecule has 2 rings (SSSR count). The van der Waals surface area contributed by atoms with Gasteiger partial charge in [0.15, 0.2) is 0 Å². The van der Waals surface area contributed by atoms with Crippen LogP contribution >= 0.6 is 0 Å². The van der Waals surface area contributed by atoms with Crippen molar-refractivity contribution < 1.29 is 9.84 Å². The molecule has 2 heteroatoms. The summed E-state index contributed by atoms with van der Waals surface area (Å²) >= 11 is 0. The quantitative estimate of drug-likeness (QED) is 0.913. The Morgan fingerprint density at radius 1 is 1.00 bits per heavy atom. The van der Waals surface area contributed by atoms with Gasteiger partial charge in [0.1, 0.15) is 5.75 Å². The van der Waals surface area contributed by atoms with Gasteiger partial charge in [-0.2, -0.15) is 0 Å². The minimum absolute atomic E-state index is 0.485. The highest BCUT2D eigenvalue weighted by Gasteiger charge is 2.11. The zero-order valence-corrected chi connectivity index (χ0v) is 12.6. The fourth-order valence-corrected chi connectivity index (χ4v) is 2.64. The van der Waals surface area contributed by atoms with E-state index in [0.717, 1.165) is 16.9 Å². The van der Waals surface area contributed by atoms with Crippen LogP contribution in [0.15, 0.2) is 36.4 Å². The maximum absolute atomic E-state index is 10.4. The van der Waals surface area contributed by atoms with Crippen LogP contribution in [0.1, 0.15) is 33.9 Å². The van der Waals surface area contributed by atoms with Crippen molar-refractivity contribution >= 4 is 0 Å². The molecule has 2 aromatic rings. The van der Waals surface area contributed by atoms with Crippen molar-refractivity contribution in [1.82, 2.24) is 0 Å². The Labute approximate surface area is 121 Å². The average molecular weight is 270 g/mol. The fourth-order valence-electron chi connectivity index (χ4n) is 2.64. The van der Waals surface area contributed by atoms with Gasteiger partial charge < -0.3 is 9.84 Å². The fraction of sp³-hybridized carbons (Fsp3) is 0.333. The van der Waals surface area contributed by atoms with Gasteiger partial charge in [-0.3, -0.25) is 0 Å². The van der Waals surface area contributed by atoms with E-state index < -0.39 is 6.10 Å². The van der Waals surface area contributed by atoms with E-state index in [0.29, 0.717) is 6.42 Å². The predicted molar refractivity (Wildman–Crippen MR) is 82.3 cm³/mol. The summed E-state index contributed by atoms with van der Waals surface area (Å²) in [5, 5.41) is 10.4. The maximum atomic E-state index is 10.4. The van der Waals surface area contributed by atoms with Crippen LogP contribution < -0.4 is 4.74 Å². The predicted octanol–water partition coefficient (Wildman–Crippen LogP) is 3.90. The Hall–Kier alpha value is -1.80. The van der Waals surface area contributed by atoms with E-state index in [4.69, 9.17) is 4.74 Å². The molecular formula is C18H22O2. The van der Waals surface area contributed by atoms with Crippen molar-refractivity contribution in [2.24, 2.45) is 0 Å². The first-order valence-corrected chi connectivity index (χ1v) is 6.89. The van der Waals surface area contributed by atoms with Crippen LogP contribution in [0.2, 0.25) is 0 Å². The second-order valence-electron chi connectivity index (χ2n) is 5.44. The molecular weight excluding hydrogens is 248 g/mol. The lowest BCUT2D eigenvalue weighted by Crippen LogP contribution is -2.03. The third-order valence-corrected chi connectivity index (χ3v) is 3.51. The third-order valence-electron chi connectivity index (χ3n) is 3.51. The van der Waals surface area contributed by atoms with Gasteiger partial charge in [-0.1, -0.05) is 35.4 Å². The van der Waals surface area contributed by atoms with Gasteiger partial charge in [-0.15, -0.1) is 0 Å². The van der Waals surface area contributed by atoms with Crippen LogP contribution in [-0.4, -0.2) is 12.2 Å². The van der Waals surface area contributed by atoms with Crippen molar-refractivity contribution in [3.63, 3.8) is 0 Å². The number of aliphatic hydroxyl groups excluding tert-OH is 1. The Morgan fingerprint density at radius 3 is 2.20 bits per heavy atom. The van der Waals surface area contributed by atoms with Crippen LogP contribution in [0.3, 0.4) is 0 Å². The molecule has 1 atom stereocenters. The number of hydrogen-bond acceptors (Lipinski definition) is 2. The molecule has 1 N–H and O–H groups in total. The van der Waals surface area contributed by atoms with Crippen molar-refractivity contribution in [2.75, 3.05) is 7.11 Å². The van der Waals surface area contributed by atoms with E-state index >= 15 is 0 Å². The van der Waals surface area contributed by atoms with E-state index in [1.807, 2.05) is 25.1 Å². The second kappa shape index (κ2) is 6.10. The van der Waals surface area contributed by atoms with Crippen molar-refractivity contribution in [3.8, 4) is 5.75 Å². The highest BCUT2D eigenvalue weighted by atomic mass is 16.5. The number of benzene rings is 2. The summed E-state index contributed by atoms with van der Waals surface area (Å²) in [6, 6.07) is 12.2. The molecule has 0 aliphatic heterocycles. The Bertz CT molecular complexity index is 582. The summed E-state index contributed by atoms with van der Waals surface area (Å²) in [5.41, 5.74) is 5.62. The van der Waals surface area contributed by atoms with E-state index in [2.05, 4.69) is 32.0 Å². The first-order chi connectivity index (χ1) is 9.49. The molecule has 0 aliphatic rings. The Kier molecular flexibility index (Phi) is 4.46. The maximum Gasteiger partial charge on any atom is 0.121 e. The highest BCUT2D eigenvalue weighted by Crippen LogP contribution is 2.25. The molecule has 0 bridgehead atoms. The molecule has 0 fully saturated rings. The van der Waals surface area contributed by atoms with Gasteiger partial charge in [0.2, 0.25) is 0 Å². The molecule has 0 heterocycles. The zero-order valence-electron chi connectivity index (χ0n) is 12.6. The molecule has 106 valence electrons. The largest absolute Gasteiger partial charge is 0.496 e. The number of methoxy groups -OCH3 is 1. The number of rotatable bonds is 4. The molecule has 0 saturated carbocycles. The molecule has 0 spiro atoms. The summed E-state index contributed by atoms with van der Waals surface area (Å²) < 4.78 is 5.25. The average Bonchev–Trinajstić information content (AvgIpc) is 2.37. The van der Waals surface area contributed by atoms with Gasteiger partial charge in [0.05, 0.1) is 13.2 Å². The van der Waals surface area contributed by atoms with Gasteiger partial charge in [-0.05, 0) is 49.6 Å². The van der Waals surface area contributed by atoms with Gasteiger partial charge in [0.25, 0.3) is 0 Å². The minimum Gasteiger partial charge on any atom is -0.496 e. The van der Waals surface area contributed by atoms with E-state index in [9.17, 15) is 5.11 Å². The topological polar surface area (TPSA) is 29.5 Å². The molecule has 0 radical (unpaired) electrons. The number of aryl methyl sites for hydroxylation is 3. The van der Waals surface area contributed by atoms with Gasteiger partial charge >= 0.3 is 0 Å².